The van der Waals surface area contributed by atoms with Crippen molar-refractivity contribution in [2.75, 3.05) is 6.54 Å². The molecule has 0 radical (unpaired) electrons. The van der Waals surface area contributed by atoms with Crippen molar-refractivity contribution < 1.29 is 14.7 Å². The Bertz CT molecular complexity index is 491. The molecule has 1 aromatic rings. The van der Waals surface area contributed by atoms with E-state index in [-0.39, 0.29) is 11.4 Å². The molecule has 2 aliphatic carbocycles. The average Bonchev–Trinajstić information content (AvgIpc) is 3.29. The molecule has 6 nitrogen and oxygen atoms in total. The van der Waals surface area contributed by atoms with Gasteiger partial charge in [-0.15, -0.1) is 0 Å². The molecular formula is C13H17N3O3. The Kier molecular flexibility index (Phi) is 3.00. The summed E-state index contributed by atoms with van der Waals surface area (Å²) < 4.78 is 0. The second kappa shape index (κ2) is 4.68. The molecule has 0 atom stereocenters. The van der Waals surface area contributed by atoms with E-state index in [2.05, 4.69) is 15.3 Å². The Morgan fingerprint density at radius 1 is 1.37 bits per heavy atom. The van der Waals surface area contributed by atoms with Gasteiger partial charge in [-0.3, -0.25) is 4.79 Å². The van der Waals surface area contributed by atoms with E-state index in [1.54, 1.807) is 0 Å². The number of carbonyl (C=O) groups is 2. The smallest absolute Gasteiger partial charge is 0.354 e. The summed E-state index contributed by atoms with van der Waals surface area (Å²) in [6.45, 7) is 0.639. The largest absolute Gasteiger partial charge is 0.477 e. The zero-order valence-electron chi connectivity index (χ0n) is 10.6. The highest BCUT2D eigenvalue weighted by Crippen LogP contribution is 2.48. The van der Waals surface area contributed by atoms with Crippen molar-refractivity contribution in [2.24, 2.45) is 17.8 Å². The number of carbonyl (C=O) groups excluding carboxylic acids is 1. The molecule has 0 spiro atoms. The van der Waals surface area contributed by atoms with Crippen LogP contribution in [0.1, 0.15) is 46.7 Å². The Hall–Kier alpha value is -1.85. The molecule has 0 unspecified atom stereocenters. The number of nitrogens with zero attached hydrogens (tertiary/aromatic N) is 1. The fourth-order valence-corrected chi connectivity index (χ4v) is 2.69. The monoisotopic (exact) mass is 263 g/mol. The Morgan fingerprint density at radius 3 is 2.53 bits per heavy atom. The van der Waals surface area contributed by atoms with Gasteiger partial charge in [-0.25, -0.2) is 9.78 Å². The van der Waals surface area contributed by atoms with Crippen LogP contribution >= 0.6 is 0 Å². The van der Waals surface area contributed by atoms with Crippen LogP contribution in [0.5, 0.6) is 0 Å². The predicted molar refractivity (Wildman–Crippen MR) is 66.8 cm³/mol. The number of aromatic amines is 1. The number of rotatable bonds is 6. The zero-order chi connectivity index (χ0) is 13.4. The van der Waals surface area contributed by atoms with E-state index in [0.29, 0.717) is 12.5 Å². The average molecular weight is 263 g/mol. The summed E-state index contributed by atoms with van der Waals surface area (Å²) in [6.07, 6.45) is 6.29. The van der Waals surface area contributed by atoms with Gasteiger partial charge in [-0.1, -0.05) is 0 Å². The minimum Gasteiger partial charge on any atom is -0.477 e. The molecule has 3 N–H and O–H groups in total. The second-order valence-electron chi connectivity index (χ2n) is 5.48. The molecule has 0 bridgehead atoms. The van der Waals surface area contributed by atoms with Gasteiger partial charge in [-0.2, -0.15) is 0 Å². The van der Waals surface area contributed by atoms with Crippen molar-refractivity contribution in [3.63, 3.8) is 0 Å². The molecule has 102 valence electrons. The summed E-state index contributed by atoms with van der Waals surface area (Å²) in [4.78, 5) is 29.1. The molecule has 2 saturated carbocycles. The van der Waals surface area contributed by atoms with Crippen LogP contribution in [0.15, 0.2) is 6.33 Å². The third kappa shape index (κ3) is 2.62. The summed E-state index contributed by atoms with van der Waals surface area (Å²) in [5.74, 6) is 0.515. The lowest BCUT2D eigenvalue weighted by atomic mass is 9.98. The van der Waals surface area contributed by atoms with Gasteiger partial charge in [0.15, 0.2) is 11.4 Å². The molecule has 1 aromatic heterocycles. The first-order chi connectivity index (χ1) is 9.16. The van der Waals surface area contributed by atoms with Gasteiger partial charge in [0.25, 0.3) is 5.91 Å². The minimum atomic E-state index is -1.16. The zero-order valence-corrected chi connectivity index (χ0v) is 10.6. The van der Waals surface area contributed by atoms with Gasteiger partial charge >= 0.3 is 5.97 Å². The van der Waals surface area contributed by atoms with Gasteiger partial charge in [0.05, 0.1) is 6.33 Å². The number of H-pyrrole nitrogens is 1. The van der Waals surface area contributed by atoms with Gasteiger partial charge in [0, 0.05) is 6.54 Å². The first-order valence-electron chi connectivity index (χ1n) is 6.71. The summed E-state index contributed by atoms with van der Waals surface area (Å²) in [6, 6.07) is 0. The number of nitrogens with one attached hydrogen (secondary N) is 2. The maximum atomic E-state index is 12.0. The van der Waals surface area contributed by atoms with Crippen LogP contribution < -0.4 is 5.32 Å². The highest BCUT2D eigenvalue weighted by Gasteiger charge is 2.41. The number of carboxylic acids is 1. The number of hydrogen-bond donors (Lipinski definition) is 3. The van der Waals surface area contributed by atoms with Gasteiger partial charge in [0.1, 0.15) is 0 Å². The minimum absolute atomic E-state index is 0.0298. The van der Waals surface area contributed by atoms with Crippen LogP contribution in [-0.2, 0) is 0 Å². The van der Waals surface area contributed by atoms with Crippen LogP contribution in [0.2, 0.25) is 0 Å². The van der Waals surface area contributed by atoms with E-state index in [0.717, 1.165) is 11.8 Å². The van der Waals surface area contributed by atoms with Crippen LogP contribution in [0, 0.1) is 17.8 Å². The van der Waals surface area contributed by atoms with E-state index in [4.69, 9.17) is 5.11 Å². The molecule has 6 heteroatoms. The van der Waals surface area contributed by atoms with Crippen molar-refractivity contribution in [1.82, 2.24) is 15.3 Å². The lowest BCUT2D eigenvalue weighted by Crippen LogP contribution is -2.32. The topological polar surface area (TPSA) is 95.1 Å². The molecule has 19 heavy (non-hydrogen) atoms. The summed E-state index contributed by atoms with van der Waals surface area (Å²) in [7, 11) is 0. The number of hydrogen-bond acceptors (Lipinski definition) is 3. The Labute approximate surface area is 110 Å². The second-order valence-corrected chi connectivity index (χ2v) is 5.48. The van der Waals surface area contributed by atoms with Gasteiger partial charge < -0.3 is 15.4 Å². The van der Waals surface area contributed by atoms with Crippen LogP contribution in [-0.4, -0.2) is 33.5 Å². The number of amides is 1. The maximum absolute atomic E-state index is 12.0. The van der Waals surface area contributed by atoms with Crippen molar-refractivity contribution in [3.05, 3.63) is 17.7 Å². The molecule has 0 aliphatic heterocycles. The van der Waals surface area contributed by atoms with E-state index in [1.165, 1.54) is 32.0 Å². The lowest BCUT2D eigenvalue weighted by molar-refractivity contribution is 0.0684. The number of carboxylic acid groups (broad SMARTS) is 1. The molecule has 0 aromatic carbocycles. The third-order valence-corrected chi connectivity index (χ3v) is 4.02. The predicted octanol–water partition coefficient (Wildman–Crippen LogP) is 1.27. The molecular weight excluding hydrogens is 246 g/mol. The van der Waals surface area contributed by atoms with E-state index < -0.39 is 11.9 Å². The Balaban J connectivity index is 1.61. The van der Waals surface area contributed by atoms with Crippen molar-refractivity contribution in [3.8, 4) is 0 Å². The maximum Gasteiger partial charge on any atom is 0.354 e. The number of imidazole rings is 1. The molecule has 0 saturated heterocycles. The highest BCUT2D eigenvalue weighted by molar-refractivity contribution is 6.02. The lowest BCUT2D eigenvalue weighted by Gasteiger charge is -2.15. The van der Waals surface area contributed by atoms with Gasteiger partial charge in [0.2, 0.25) is 0 Å². The molecule has 2 fully saturated rings. The normalized spacial score (nSPS) is 18.6. The molecule has 2 aliphatic rings. The highest BCUT2D eigenvalue weighted by atomic mass is 16.4. The SMILES string of the molecule is O=C(NCC(C1CC1)C1CC1)c1nc[nH]c1C(=O)O. The van der Waals surface area contributed by atoms with E-state index >= 15 is 0 Å². The number of aromatic carboxylic acids is 1. The van der Waals surface area contributed by atoms with Crippen molar-refractivity contribution in [2.45, 2.75) is 25.7 Å². The van der Waals surface area contributed by atoms with Crippen molar-refractivity contribution in [1.29, 1.82) is 0 Å². The van der Waals surface area contributed by atoms with Crippen LogP contribution in [0.25, 0.3) is 0 Å². The quantitative estimate of drug-likeness (QED) is 0.720. The van der Waals surface area contributed by atoms with Gasteiger partial charge in [-0.05, 0) is 43.4 Å². The van der Waals surface area contributed by atoms with Crippen molar-refractivity contribution >= 4 is 11.9 Å². The molecule has 1 heterocycles. The van der Waals surface area contributed by atoms with Crippen LogP contribution in [0.4, 0.5) is 0 Å². The standard InChI is InChI=1S/C13H17N3O3/c17-12(10-11(13(18)19)16-6-15-10)14-5-9(7-1-2-7)8-3-4-8/h6-9H,1-5H2,(H,14,17)(H,15,16)(H,18,19). The third-order valence-electron chi connectivity index (χ3n) is 4.02. The first-order valence-corrected chi connectivity index (χ1v) is 6.71. The molecule has 3 rings (SSSR count). The summed E-state index contributed by atoms with van der Waals surface area (Å²) in [5, 5.41) is 11.8. The summed E-state index contributed by atoms with van der Waals surface area (Å²) >= 11 is 0. The van der Waals surface area contributed by atoms with E-state index in [1.807, 2.05) is 0 Å². The fraction of sp³-hybridized carbons (Fsp3) is 0.615. The number of aromatic nitrogens is 2. The summed E-state index contributed by atoms with van der Waals surface area (Å²) in [5.41, 5.74) is -0.176. The molecule has 1 amide bonds. The van der Waals surface area contributed by atoms with Crippen LogP contribution in [0.3, 0.4) is 0 Å². The first kappa shape index (κ1) is 12.2. The van der Waals surface area contributed by atoms with E-state index in [9.17, 15) is 9.59 Å². The Morgan fingerprint density at radius 2 is 2.00 bits per heavy atom. The fourth-order valence-electron chi connectivity index (χ4n) is 2.69.